The molecule has 0 radical (unpaired) electrons. The van der Waals surface area contributed by atoms with Crippen LogP contribution in [0.4, 0.5) is 5.69 Å². The van der Waals surface area contributed by atoms with Crippen LogP contribution in [0.25, 0.3) is 0 Å². The maximum Gasteiger partial charge on any atom is 0.251 e. The van der Waals surface area contributed by atoms with Gasteiger partial charge >= 0.3 is 0 Å². The number of anilines is 1. The Morgan fingerprint density at radius 1 is 1.11 bits per heavy atom. The molecule has 27 heavy (non-hydrogen) atoms. The minimum absolute atomic E-state index is 0.0865. The van der Waals surface area contributed by atoms with Gasteiger partial charge < -0.3 is 10.2 Å². The predicted octanol–water partition coefficient (Wildman–Crippen LogP) is 3.84. The van der Waals surface area contributed by atoms with Gasteiger partial charge in [0.2, 0.25) is 0 Å². The number of amides is 1. The van der Waals surface area contributed by atoms with Crippen molar-refractivity contribution in [1.82, 2.24) is 10.2 Å². The zero-order valence-corrected chi connectivity index (χ0v) is 17.0. The van der Waals surface area contributed by atoms with Gasteiger partial charge in [0.15, 0.2) is 0 Å². The summed E-state index contributed by atoms with van der Waals surface area (Å²) in [6.45, 7) is 7.22. The Morgan fingerprint density at radius 3 is 2.67 bits per heavy atom. The Hall–Kier alpha value is -2.04. The van der Waals surface area contributed by atoms with Crippen molar-refractivity contribution in [3.63, 3.8) is 0 Å². The van der Waals surface area contributed by atoms with Crippen LogP contribution in [-0.4, -0.2) is 49.6 Å². The molecule has 2 aromatic rings. The van der Waals surface area contributed by atoms with Crippen LogP contribution in [0.3, 0.4) is 0 Å². The third-order valence-electron chi connectivity index (χ3n) is 5.37. The van der Waals surface area contributed by atoms with E-state index in [0.29, 0.717) is 29.2 Å². The highest BCUT2D eigenvalue weighted by molar-refractivity contribution is 6.30. The molecule has 1 amide bonds. The molecular formula is C22H28ClN3O. The van der Waals surface area contributed by atoms with Gasteiger partial charge in [-0.1, -0.05) is 35.9 Å². The summed E-state index contributed by atoms with van der Waals surface area (Å²) in [4.78, 5) is 17.2. The van der Waals surface area contributed by atoms with Crippen molar-refractivity contribution in [2.24, 2.45) is 0 Å². The first-order valence-electron chi connectivity index (χ1n) is 9.54. The number of halogens is 1. The molecule has 2 unspecified atom stereocenters. The van der Waals surface area contributed by atoms with Gasteiger partial charge in [0.1, 0.15) is 0 Å². The fraction of sp³-hybridized carbons (Fsp3) is 0.409. The van der Waals surface area contributed by atoms with Gasteiger partial charge in [-0.2, -0.15) is 0 Å². The summed E-state index contributed by atoms with van der Waals surface area (Å²) >= 11 is 5.97. The van der Waals surface area contributed by atoms with Crippen molar-refractivity contribution >= 4 is 23.2 Å². The molecular weight excluding hydrogens is 358 g/mol. The largest absolute Gasteiger partial charge is 0.366 e. The van der Waals surface area contributed by atoms with E-state index in [4.69, 9.17) is 11.6 Å². The second-order valence-corrected chi connectivity index (χ2v) is 7.87. The quantitative estimate of drug-likeness (QED) is 0.849. The number of piperazine rings is 1. The maximum absolute atomic E-state index is 12.3. The highest BCUT2D eigenvalue weighted by Gasteiger charge is 2.27. The summed E-state index contributed by atoms with van der Waals surface area (Å²) in [5.74, 6) is -0.0865. The number of nitrogens with one attached hydrogen (secondary N) is 1. The second kappa shape index (κ2) is 8.77. The number of hydrogen-bond donors (Lipinski definition) is 1. The minimum atomic E-state index is -0.0865. The molecule has 1 aliphatic heterocycles. The van der Waals surface area contributed by atoms with Crippen molar-refractivity contribution in [3.05, 3.63) is 64.7 Å². The zero-order chi connectivity index (χ0) is 19.4. The molecule has 1 aliphatic rings. The van der Waals surface area contributed by atoms with Gasteiger partial charge in [-0.05, 0) is 57.1 Å². The summed E-state index contributed by atoms with van der Waals surface area (Å²) < 4.78 is 0. The van der Waals surface area contributed by atoms with Crippen LogP contribution >= 0.6 is 11.6 Å². The lowest BCUT2D eigenvalue weighted by Crippen LogP contribution is -2.55. The molecule has 5 heteroatoms. The molecule has 0 spiro atoms. The SMILES string of the molecule is CC1CN(c2ccccc2CCNC(=O)c2cccc(Cl)c2)C(C)CN1C. The average Bonchev–Trinajstić information content (AvgIpc) is 2.65. The lowest BCUT2D eigenvalue weighted by molar-refractivity contribution is 0.0954. The topological polar surface area (TPSA) is 35.6 Å². The molecule has 0 bridgehead atoms. The van der Waals surface area contributed by atoms with E-state index in [9.17, 15) is 4.79 Å². The molecule has 3 rings (SSSR count). The highest BCUT2D eigenvalue weighted by Crippen LogP contribution is 2.26. The van der Waals surface area contributed by atoms with E-state index in [2.05, 4.69) is 60.3 Å². The standard InChI is InChI=1S/C22H28ClN3O/c1-16-15-26(17(2)14-25(16)3)21-10-5-4-7-18(21)11-12-24-22(27)19-8-6-9-20(23)13-19/h4-10,13,16-17H,11-12,14-15H2,1-3H3,(H,24,27). The van der Waals surface area contributed by atoms with Gasteiger partial charge in [-0.15, -0.1) is 0 Å². The number of carbonyl (C=O) groups is 1. The summed E-state index contributed by atoms with van der Waals surface area (Å²) in [6, 6.07) is 16.6. The first-order valence-corrected chi connectivity index (χ1v) is 9.92. The van der Waals surface area contributed by atoms with Crippen LogP contribution in [0.2, 0.25) is 5.02 Å². The molecule has 1 saturated heterocycles. The van der Waals surface area contributed by atoms with E-state index in [1.165, 1.54) is 11.3 Å². The van der Waals surface area contributed by atoms with E-state index < -0.39 is 0 Å². The molecule has 1 N–H and O–H groups in total. The number of likely N-dealkylation sites (N-methyl/N-ethyl adjacent to an activating group) is 1. The zero-order valence-electron chi connectivity index (χ0n) is 16.3. The van der Waals surface area contributed by atoms with E-state index in [1.807, 2.05) is 0 Å². The van der Waals surface area contributed by atoms with Gasteiger partial charge in [-0.3, -0.25) is 9.69 Å². The number of benzene rings is 2. The molecule has 1 fully saturated rings. The number of para-hydroxylation sites is 1. The van der Waals surface area contributed by atoms with Crippen LogP contribution in [0, 0.1) is 0 Å². The van der Waals surface area contributed by atoms with Gasteiger partial charge in [-0.25, -0.2) is 0 Å². The number of carbonyl (C=O) groups excluding carboxylic acids is 1. The van der Waals surface area contributed by atoms with E-state index in [-0.39, 0.29) is 5.91 Å². The third kappa shape index (κ3) is 4.82. The lowest BCUT2D eigenvalue weighted by Gasteiger charge is -2.44. The van der Waals surface area contributed by atoms with E-state index in [0.717, 1.165) is 19.5 Å². The first-order chi connectivity index (χ1) is 13.0. The maximum atomic E-state index is 12.3. The molecule has 4 nitrogen and oxygen atoms in total. The highest BCUT2D eigenvalue weighted by atomic mass is 35.5. The van der Waals surface area contributed by atoms with Crippen molar-refractivity contribution in [1.29, 1.82) is 0 Å². The second-order valence-electron chi connectivity index (χ2n) is 7.43. The van der Waals surface area contributed by atoms with Gasteiger partial charge in [0, 0.05) is 48.0 Å². The molecule has 2 aromatic carbocycles. The third-order valence-corrected chi connectivity index (χ3v) is 5.60. The molecule has 0 saturated carbocycles. The van der Waals surface area contributed by atoms with E-state index >= 15 is 0 Å². The first kappa shape index (κ1) is 19.7. The van der Waals surface area contributed by atoms with Crippen LogP contribution in [0.15, 0.2) is 48.5 Å². The van der Waals surface area contributed by atoms with Crippen molar-refractivity contribution in [2.75, 3.05) is 31.6 Å². The Morgan fingerprint density at radius 2 is 1.89 bits per heavy atom. The minimum Gasteiger partial charge on any atom is -0.366 e. The molecule has 0 aliphatic carbocycles. The van der Waals surface area contributed by atoms with Crippen LogP contribution in [-0.2, 0) is 6.42 Å². The van der Waals surface area contributed by atoms with Crippen molar-refractivity contribution in [3.8, 4) is 0 Å². The predicted molar refractivity (Wildman–Crippen MR) is 113 cm³/mol. The van der Waals surface area contributed by atoms with Crippen LogP contribution < -0.4 is 10.2 Å². The normalized spacial score (nSPS) is 20.5. The van der Waals surface area contributed by atoms with E-state index in [1.54, 1.807) is 24.3 Å². The van der Waals surface area contributed by atoms with Gasteiger partial charge in [0.25, 0.3) is 5.91 Å². The lowest BCUT2D eigenvalue weighted by atomic mass is 10.0. The Balaban J connectivity index is 1.65. The number of rotatable bonds is 5. The molecule has 2 atom stereocenters. The Labute approximate surface area is 167 Å². The van der Waals surface area contributed by atoms with Gasteiger partial charge in [0.05, 0.1) is 0 Å². The number of hydrogen-bond acceptors (Lipinski definition) is 3. The van der Waals surface area contributed by atoms with Crippen LogP contribution in [0.5, 0.6) is 0 Å². The smallest absolute Gasteiger partial charge is 0.251 e. The summed E-state index contributed by atoms with van der Waals surface area (Å²) in [5.41, 5.74) is 3.15. The fourth-order valence-electron chi connectivity index (χ4n) is 3.68. The van der Waals surface area contributed by atoms with Crippen molar-refractivity contribution < 1.29 is 4.79 Å². The van der Waals surface area contributed by atoms with Crippen molar-refractivity contribution in [2.45, 2.75) is 32.4 Å². The molecule has 144 valence electrons. The summed E-state index contributed by atoms with van der Waals surface area (Å²) in [6.07, 6.45) is 0.802. The Kier molecular flexibility index (Phi) is 6.40. The Bertz CT molecular complexity index is 795. The molecule has 1 heterocycles. The summed E-state index contributed by atoms with van der Waals surface area (Å²) in [7, 11) is 2.19. The average molecular weight is 386 g/mol. The fourth-order valence-corrected chi connectivity index (χ4v) is 3.87. The monoisotopic (exact) mass is 385 g/mol. The van der Waals surface area contributed by atoms with Crippen LogP contribution in [0.1, 0.15) is 29.8 Å². The number of nitrogens with zero attached hydrogens (tertiary/aromatic N) is 2. The molecule has 0 aromatic heterocycles. The summed E-state index contributed by atoms with van der Waals surface area (Å²) in [5, 5.41) is 3.58.